The van der Waals surface area contributed by atoms with Gasteiger partial charge < -0.3 is 10.6 Å². The number of anilines is 2. The number of rotatable bonds is 5. The van der Waals surface area contributed by atoms with Gasteiger partial charge in [-0.05, 0) is 42.2 Å². The number of benzene rings is 2. The second kappa shape index (κ2) is 7.98. The van der Waals surface area contributed by atoms with Crippen molar-refractivity contribution in [2.24, 2.45) is 0 Å². The first-order valence-electron chi connectivity index (χ1n) is 7.85. The van der Waals surface area contributed by atoms with Crippen LogP contribution in [0.4, 0.5) is 11.4 Å². The van der Waals surface area contributed by atoms with Crippen molar-refractivity contribution in [3.05, 3.63) is 71.4 Å². The number of amides is 1. The fourth-order valence-corrected chi connectivity index (χ4v) is 2.35. The largest absolute Gasteiger partial charge is 0.360 e. The maximum atomic E-state index is 12.3. The highest BCUT2D eigenvalue weighted by atomic mass is 16.1. The molecule has 24 heavy (non-hydrogen) atoms. The molecule has 122 valence electrons. The van der Waals surface area contributed by atoms with Gasteiger partial charge in [-0.3, -0.25) is 4.79 Å². The van der Waals surface area contributed by atoms with E-state index in [1.54, 1.807) is 6.07 Å². The molecule has 0 spiro atoms. The van der Waals surface area contributed by atoms with Crippen LogP contribution >= 0.6 is 0 Å². The van der Waals surface area contributed by atoms with Crippen LogP contribution in [-0.4, -0.2) is 5.91 Å². The second-order valence-corrected chi connectivity index (χ2v) is 5.88. The highest BCUT2D eigenvalue weighted by Crippen LogP contribution is 2.23. The molecule has 0 unspecified atom stereocenters. The molecule has 0 aliphatic rings. The molecule has 0 atom stereocenters. The Balaban J connectivity index is 2.15. The van der Waals surface area contributed by atoms with Crippen molar-refractivity contribution in [1.82, 2.24) is 0 Å². The zero-order valence-electron chi connectivity index (χ0n) is 14.1. The van der Waals surface area contributed by atoms with Gasteiger partial charge in [-0.15, -0.1) is 0 Å². The Kier molecular flexibility index (Phi) is 5.75. The molecular weight excluding hydrogens is 298 g/mol. The van der Waals surface area contributed by atoms with Gasteiger partial charge in [0, 0.05) is 17.6 Å². The monoisotopic (exact) mass is 319 g/mol. The first-order valence-corrected chi connectivity index (χ1v) is 7.85. The van der Waals surface area contributed by atoms with Crippen LogP contribution in [-0.2, 0) is 4.79 Å². The molecule has 1 amide bonds. The first kappa shape index (κ1) is 17.3. The summed E-state index contributed by atoms with van der Waals surface area (Å²) in [6, 6.07) is 17.2. The van der Waals surface area contributed by atoms with Crippen molar-refractivity contribution in [1.29, 1.82) is 5.26 Å². The van der Waals surface area contributed by atoms with Crippen LogP contribution in [0.5, 0.6) is 0 Å². The van der Waals surface area contributed by atoms with E-state index in [0.717, 1.165) is 16.8 Å². The fraction of sp³-hybridized carbons (Fsp3) is 0.200. The lowest BCUT2D eigenvalue weighted by Crippen LogP contribution is -2.14. The zero-order chi connectivity index (χ0) is 17.5. The van der Waals surface area contributed by atoms with Gasteiger partial charge in [-0.2, -0.15) is 5.26 Å². The minimum atomic E-state index is -0.433. The Morgan fingerprint density at radius 2 is 1.92 bits per heavy atom. The van der Waals surface area contributed by atoms with E-state index in [4.69, 9.17) is 0 Å². The lowest BCUT2D eigenvalue weighted by atomic mass is 10.0. The van der Waals surface area contributed by atoms with Crippen molar-refractivity contribution in [2.45, 2.75) is 26.7 Å². The third-order valence-corrected chi connectivity index (χ3v) is 3.60. The van der Waals surface area contributed by atoms with Crippen LogP contribution in [0.1, 0.15) is 30.9 Å². The predicted octanol–water partition coefficient (Wildman–Crippen LogP) is 4.58. The molecule has 0 radical (unpaired) electrons. The molecule has 4 nitrogen and oxygen atoms in total. The summed E-state index contributed by atoms with van der Waals surface area (Å²) in [5.74, 6) is -0.0913. The Morgan fingerprint density at radius 3 is 2.58 bits per heavy atom. The minimum absolute atomic E-state index is 0.0232. The van der Waals surface area contributed by atoms with E-state index >= 15 is 0 Å². The molecule has 2 aromatic carbocycles. The van der Waals surface area contributed by atoms with Gasteiger partial charge in [0.2, 0.25) is 0 Å². The van der Waals surface area contributed by atoms with Gasteiger partial charge in [-0.25, -0.2) is 0 Å². The molecule has 2 rings (SSSR count). The van der Waals surface area contributed by atoms with E-state index in [-0.39, 0.29) is 5.57 Å². The first-order chi connectivity index (χ1) is 11.5. The maximum absolute atomic E-state index is 12.3. The van der Waals surface area contributed by atoms with Crippen LogP contribution in [0.25, 0.3) is 0 Å². The van der Waals surface area contributed by atoms with Gasteiger partial charge in [0.1, 0.15) is 11.6 Å². The van der Waals surface area contributed by atoms with Gasteiger partial charge in [0.25, 0.3) is 5.91 Å². The number of nitrogens with zero attached hydrogens (tertiary/aromatic N) is 1. The molecule has 0 fully saturated rings. The van der Waals surface area contributed by atoms with Gasteiger partial charge in [0.15, 0.2) is 0 Å². The summed E-state index contributed by atoms with van der Waals surface area (Å²) >= 11 is 0. The quantitative estimate of drug-likeness (QED) is 0.626. The number of carbonyl (C=O) groups excluding carboxylic acids is 1. The molecule has 0 aromatic heterocycles. The third kappa shape index (κ3) is 4.47. The average molecular weight is 319 g/mol. The smallest absolute Gasteiger partial charge is 0.267 e. The molecule has 0 bridgehead atoms. The van der Waals surface area contributed by atoms with Crippen molar-refractivity contribution in [2.75, 3.05) is 10.6 Å². The molecule has 0 aliphatic heterocycles. The van der Waals surface area contributed by atoms with E-state index in [2.05, 4.69) is 24.5 Å². The number of para-hydroxylation sites is 1. The van der Waals surface area contributed by atoms with Crippen LogP contribution in [0, 0.1) is 18.3 Å². The van der Waals surface area contributed by atoms with Crippen LogP contribution < -0.4 is 10.6 Å². The van der Waals surface area contributed by atoms with E-state index in [1.165, 1.54) is 6.20 Å². The van der Waals surface area contributed by atoms with Crippen molar-refractivity contribution in [3.63, 3.8) is 0 Å². The molecule has 0 aliphatic carbocycles. The Hall–Kier alpha value is -3.06. The lowest BCUT2D eigenvalue weighted by molar-refractivity contribution is -0.112. The summed E-state index contributed by atoms with van der Waals surface area (Å²) < 4.78 is 0. The van der Waals surface area contributed by atoms with Gasteiger partial charge in [-0.1, -0.05) is 44.2 Å². The van der Waals surface area contributed by atoms with Crippen LogP contribution in [0.2, 0.25) is 0 Å². The zero-order valence-corrected chi connectivity index (χ0v) is 14.1. The molecule has 0 heterocycles. The second-order valence-electron chi connectivity index (χ2n) is 5.88. The van der Waals surface area contributed by atoms with Gasteiger partial charge >= 0.3 is 0 Å². The Labute approximate surface area is 142 Å². The summed E-state index contributed by atoms with van der Waals surface area (Å²) in [5, 5.41) is 15.1. The minimum Gasteiger partial charge on any atom is -0.360 e. The summed E-state index contributed by atoms with van der Waals surface area (Å²) in [6.07, 6.45) is 1.45. The molecule has 4 heteroatoms. The number of hydrogen-bond acceptors (Lipinski definition) is 3. The molecule has 2 N–H and O–H groups in total. The van der Waals surface area contributed by atoms with E-state index < -0.39 is 5.91 Å². The normalized spacial score (nSPS) is 11.0. The molecular formula is C20H21N3O. The number of hydrogen-bond donors (Lipinski definition) is 2. The number of nitriles is 1. The van der Waals surface area contributed by atoms with E-state index in [0.29, 0.717) is 11.6 Å². The standard InChI is InChI=1S/C20H21N3O/c1-14(2)18-9-4-5-10-19(18)22-13-16(12-21)20(24)23-17-8-6-7-15(3)11-17/h4-11,13-14,22H,1-3H3,(H,23,24)/b16-13-. The molecule has 0 saturated carbocycles. The van der Waals surface area contributed by atoms with Crippen molar-refractivity contribution >= 4 is 17.3 Å². The predicted molar refractivity (Wildman–Crippen MR) is 97.7 cm³/mol. The third-order valence-electron chi connectivity index (χ3n) is 3.60. The number of aryl methyl sites for hydroxylation is 1. The lowest BCUT2D eigenvalue weighted by Gasteiger charge is -2.12. The Morgan fingerprint density at radius 1 is 1.17 bits per heavy atom. The van der Waals surface area contributed by atoms with Gasteiger partial charge in [0.05, 0.1) is 0 Å². The highest BCUT2D eigenvalue weighted by molar-refractivity contribution is 6.06. The topological polar surface area (TPSA) is 64.9 Å². The number of nitrogens with one attached hydrogen (secondary N) is 2. The van der Waals surface area contributed by atoms with Crippen molar-refractivity contribution < 1.29 is 4.79 Å². The summed E-state index contributed by atoms with van der Waals surface area (Å²) in [4.78, 5) is 12.3. The SMILES string of the molecule is Cc1cccc(NC(=O)/C(C#N)=C\Nc2ccccc2C(C)C)c1. The highest BCUT2D eigenvalue weighted by Gasteiger charge is 2.10. The van der Waals surface area contributed by atoms with E-state index in [1.807, 2.05) is 55.5 Å². The molecule has 0 saturated heterocycles. The Bertz CT molecular complexity index is 801. The van der Waals surface area contributed by atoms with Crippen molar-refractivity contribution in [3.8, 4) is 6.07 Å². The van der Waals surface area contributed by atoms with E-state index in [9.17, 15) is 10.1 Å². The summed E-state index contributed by atoms with van der Waals surface area (Å²) in [6.45, 7) is 6.14. The average Bonchev–Trinajstić information content (AvgIpc) is 2.55. The summed E-state index contributed by atoms with van der Waals surface area (Å²) in [5.41, 5.74) is 3.76. The number of carbonyl (C=O) groups is 1. The maximum Gasteiger partial charge on any atom is 0.267 e. The van der Waals surface area contributed by atoms with Crippen LogP contribution in [0.15, 0.2) is 60.3 Å². The fourth-order valence-electron chi connectivity index (χ4n) is 2.35. The van der Waals surface area contributed by atoms with Crippen LogP contribution in [0.3, 0.4) is 0 Å². The molecule has 2 aromatic rings. The summed E-state index contributed by atoms with van der Waals surface area (Å²) in [7, 11) is 0.